The number of benzene rings is 2. The van der Waals surface area contributed by atoms with Gasteiger partial charge in [0.15, 0.2) is 5.78 Å². The van der Waals surface area contributed by atoms with E-state index in [0.717, 1.165) is 27.7 Å². The second-order valence-corrected chi connectivity index (χ2v) is 10.2. The number of Topliss-reactive ketones (excluding diaryl/α,β-unsaturated/α-hetero) is 1. The minimum absolute atomic E-state index is 0.0457. The summed E-state index contributed by atoms with van der Waals surface area (Å²) < 4.78 is 33.9. The lowest BCUT2D eigenvalue weighted by Crippen LogP contribution is -2.11. The molecule has 0 bridgehead atoms. The second kappa shape index (κ2) is 9.63. The van der Waals surface area contributed by atoms with Gasteiger partial charge in [0, 0.05) is 35.4 Å². The summed E-state index contributed by atoms with van der Waals surface area (Å²) in [6.07, 6.45) is 0.436. The summed E-state index contributed by atoms with van der Waals surface area (Å²) in [7, 11) is -2.32. The van der Waals surface area contributed by atoms with Crippen LogP contribution in [0.1, 0.15) is 32.0 Å². The van der Waals surface area contributed by atoms with Crippen molar-refractivity contribution in [3.8, 4) is 11.1 Å². The number of aliphatic carboxylic acids is 1. The molecule has 1 atom stereocenters. The summed E-state index contributed by atoms with van der Waals surface area (Å²) in [5.74, 6) is -0.942. The molecular formula is C24H25FNO5P. The number of ketones is 1. The van der Waals surface area contributed by atoms with Crippen LogP contribution in [0.25, 0.3) is 28.1 Å². The normalized spacial score (nSPS) is 13.7. The first kappa shape index (κ1) is 23.6. The lowest BCUT2D eigenvalue weighted by atomic mass is 10.0. The number of fused-ring (bicyclic) bond motifs is 1. The van der Waals surface area contributed by atoms with E-state index in [-0.39, 0.29) is 11.9 Å². The van der Waals surface area contributed by atoms with Crippen LogP contribution in [0.4, 0.5) is 4.39 Å². The molecule has 6 nitrogen and oxygen atoms in total. The minimum atomic E-state index is -3.56. The molecule has 3 aromatic rings. The van der Waals surface area contributed by atoms with Crippen molar-refractivity contribution >= 4 is 36.1 Å². The van der Waals surface area contributed by atoms with Gasteiger partial charge < -0.3 is 14.2 Å². The van der Waals surface area contributed by atoms with Gasteiger partial charge in [0.2, 0.25) is 7.37 Å². The number of carboxylic acids is 1. The van der Waals surface area contributed by atoms with E-state index in [1.807, 2.05) is 38.1 Å². The zero-order valence-corrected chi connectivity index (χ0v) is 19.0. The summed E-state index contributed by atoms with van der Waals surface area (Å²) in [5, 5.41) is 9.77. The number of hydrogen-bond donors (Lipinski definition) is 1. The van der Waals surface area contributed by atoms with Crippen LogP contribution < -0.4 is 0 Å². The van der Waals surface area contributed by atoms with Crippen LogP contribution in [-0.2, 0) is 18.7 Å². The van der Waals surface area contributed by atoms with Gasteiger partial charge >= 0.3 is 5.97 Å². The summed E-state index contributed by atoms with van der Waals surface area (Å²) in [6.45, 7) is 4.04. The Morgan fingerprint density at radius 2 is 1.81 bits per heavy atom. The molecule has 1 heterocycles. The van der Waals surface area contributed by atoms with Crippen LogP contribution in [0.5, 0.6) is 0 Å². The van der Waals surface area contributed by atoms with Crippen molar-refractivity contribution in [3.63, 3.8) is 0 Å². The first-order chi connectivity index (χ1) is 15.1. The highest BCUT2D eigenvalue weighted by Gasteiger charge is 2.25. The van der Waals surface area contributed by atoms with Crippen LogP contribution >= 0.6 is 7.37 Å². The Labute approximate surface area is 185 Å². The molecule has 2 aromatic carbocycles. The van der Waals surface area contributed by atoms with E-state index in [1.54, 1.807) is 18.2 Å². The quantitative estimate of drug-likeness (QED) is 0.316. The molecule has 0 radical (unpaired) electrons. The maximum absolute atomic E-state index is 13.6. The molecule has 32 heavy (non-hydrogen) atoms. The Kier molecular flexibility index (Phi) is 7.12. The Morgan fingerprint density at radius 3 is 2.41 bits per heavy atom. The number of aromatic nitrogens is 1. The van der Waals surface area contributed by atoms with E-state index in [9.17, 15) is 18.5 Å². The maximum atomic E-state index is 13.6. The van der Waals surface area contributed by atoms with Crippen molar-refractivity contribution in [2.24, 2.45) is 0 Å². The van der Waals surface area contributed by atoms with Gasteiger partial charge in [0.1, 0.15) is 12.2 Å². The third-order valence-electron chi connectivity index (χ3n) is 5.11. The molecule has 0 aliphatic rings. The van der Waals surface area contributed by atoms with Crippen molar-refractivity contribution in [1.82, 2.24) is 4.57 Å². The molecule has 0 aliphatic heterocycles. The highest BCUT2D eigenvalue weighted by atomic mass is 31.2. The van der Waals surface area contributed by atoms with E-state index in [1.165, 1.54) is 25.1 Å². The number of carbonyl (C=O) groups excluding carboxylic acids is 1. The molecule has 0 amide bonds. The number of rotatable bonds is 9. The lowest BCUT2D eigenvalue weighted by molar-refractivity contribution is -0.139. The predicted molar refractivity (Wildman–Crippen MR) is 123 cm³/mol. The van der Waals surface area contributed by atoms with E-state index >= 15 is 0 Å². The third-order valence-corrected chi connectivity index (χ3v) is 7.13. The van der Waals surface area contributed by atoms with Crippen LogP contribution in [0.3, 0.4) is 0 Å². The van der Waals surface area contributed by atoms with Crippen LogP contribution in [0.2, 0.25) is 0 Å². The molecule has 3 rings (SSSR count). The Balaban J connectivity index is 2.18. The zero-order valence-electron chi connectivity index (χ0n) is 18.1. The fourth-order valence-electron chi connectivity index (χ4n) is 3.76. The van der Waals surface area contributed by atoms with E-state index < -0.39 is 31.7 Å². The minimum Gasteiger partial charge on any atom is -0.481 e. The molecule has 8 heteroatoms. The lowest BCUT2D eigenvalue weighted by Gasteiger charge is -2.15. The molecular weight excluding hydrogens is 432 g/mol. The number of halogens is 1. The van der Waals surface area contributed by atoms with Gasteiger partial charge in [-0.2, -0.15) is 0 Å². The van der Waals surface area contributed by atoms with Crippen LogP contribution in [0, 0.1) is 5.82 Å². The number of para-hydroxylation sites is 1. The number of carbonyl (C=O) groups is 2. The molecule has 1 N–H and O–H groups in total. The third kappa shape index (κ3) is 5.06. The summed E-state index contributed by atoms with van der Waals surface area (Å²) in [6, 6.07) is 14.0. The summed E-state index contributed by atoms with van der Waals surface area (Å²) in [5.41, 5.74) is 3.31. The topological polar surface area (TPSA) is 85.6 Å². The molecule has 1 aromatic heterocycles. The van der Waals surface area contributed by atoms with Crippen LogP contribution in [-0.4, -0.2) is 34.7 Å². The zero-order chi connectivity index (χ0) is 23.5. The maximum Gasteiger partial charge on any atom is 0.310 e. The van der Waals surface area contributed by atoms with Crippen molar-refractivity contribution in [1.29, 1.82) is 0 Å². The fraction of sp³-hybridized carbons (Fsp3) is 0.250. The van der Waals surface area contributed by atoms with E-state index in [4.69, 9.17) is 9.63 Å². The average molecular weight is 457 g/mol. The molecule has 168 valence electrons. The number of hydrogen-bond acceptors (Lipinski definition) is 4. The molecule has 0 aliphatic carbocycles. The van der Waals surface area contributed by atoms with Crippen molar-refractivity contribution in [2.45, 2.75) is 26.3 Å². The Bertz CT molecular complexity index is 1230. The van der Waals surface area contributed by atoms with Crippen molar-refractivity contribution in [2.75, 3.05) is 13.3 Å². The number of nitrogens with zero attached hydrogens (tertiary/aromatic N) is 1. The van der Waals surface area contributed by atoms with Gasteiger partial charge in [-0.05, 0) is 43.7 Å². The van der Waals surface area contributed by atoms with Crippen LogP contribution in [0.15, 0.2) is 54.3 Å². The van der Waals surface area contributed by atoms with Gasteiger partial charge in [-0.3, -0.25) is 14.2 Å². The largest absolute Gasteiger partial charge is 0.481 e. The Hall–Kier alpha value is -3.02. The fourth-order valence-corrected chi connectivity index (χ4v) is 5.08. The SMILES string of the molecule is COP(=O)(C=Cc1c(-c2ccc(F)cc2)c2ccccc2n1C(C)C)CC(=O)CC(=O)O. The Morgan fingerprint density at radius 1 is 1.16 bits per heavy atom. The number of carboxylic acid groups (broad SMARTS) is 1. The smallest absolute Gasteiger partial charge is 0.310 e. The molecule has 0 spiro atoms. The summed E-state index contributed by atoms with van der Waals surface area (Å²) in [4.78, 5) is 22.8. The molecule has 0 fully saturated rings. The van der Waals surface area contributed by atoms with Crippen molar-refractivity contribution in [3.05, 3.63) is 65.9 Å². The van der Waals surface area contributed by atoms with Gasteiger partial charge in [-0.1, -0.05) is 30.3 Å². The van der Waals surface area contributed by atoms with E-state index in [2.05, 4.69) is 4.57 Å². The first-order valence-electron chi connectivity index (χ1n) is 10.1. The monoisotopic (exact) mass is 457 g/mol. The average Bonchev–Trinajstić information content (AvgIpc) is 3.06. The molecule has 0 saturated heterocycles. The molecule has 0 saturated carbocycles. The van der Waals surface area contributed by atoms with Gasteiger partial charge in [-0.15, -0.1) is 0 Å². The predicted octanol–water partition coefficient (Wildman–Crippen LogP) is 5.97. The highest BCUT2D eigenvalue weighted by molar-refractivity contribution is 7.63. The summed E-state index contributed by atoms with van der Waals surface area (Å²) >= 11 is 0. The van der Waals surface area contributed by atoms with Gasteiger partial charge in [-0.25, -0.2) is 4.39 Å². The van der Waals surface area contributed by atoms with Gasteiger partial charge in [0.25, 0.3) is 0 Å². The second-order valence-electron chi connectivity index (χ2n) is 7.74. The van der Waals surface area contributed by atoms with Crippen molar-refractivity contribution < 1.29 is 28.2 Å². The standard InChI is InChI=1S/C24H25FNO5P/c1-16(2)26-21-7-5-4-6-20(21)24(17-8-10-18(25)11-9-17)22(26)12-13-32(30,31-3)15-19(27)14-23(28)29/h4-13,16H,14-15H2,1-3H3,(H,28,29). The highest BCUT2D eigenvalue weighted by Crippen LogP contribution is 2.49. The van der Waals surface area contributed by atoms with E-state index in [0.29, 0.717) is 0 Å². The van der Waals surface area contributed by atoms with Gasteiger partial charge in [0.05, 0.1) is 11.9 Å². The molecule has 1 unspecified atom stereocenters. The first-order valence-corrected chi connectivity index (χ1v) is 12.0.